The Morgan fingerprint density at radius 1 is 1.27 bits per heavy atom. The highest BCUT2D eigenvalue weighted by atomic mass is 16.5. The van der Waals surface area contributed by atoms with Crippen LogP contribution in [0.2, 0.25) is 0 Å². The van der Waals surface area contributed by atoms with Crippen molar-refractivity contribution >= 4 is 6.47 Å². The SMILES string of the molecule is O=COC1CCC#CCCC1. The molecule has 0 aliphatic heterocycles. The Morgan fingerprint density at radius 3 is 2.91 bits per heavy atom. The van der Waals surface area contributed by atoms with Gasteiger partial charge >= 0.3 is 0 Å². The molecule has 0 fully saturated rings. The molecule has 0 aromatic heterocycles. The minimum absolute atomic E-state index is 0.113. The Bertz CT molecular complexity index is 176. The van der Waals surface area contributed by atoms with Gasteiger partial charge in [0, 0.05) is 12.8 Å². The van der Waals surface area contributed by atoms with Gasteiger partial charge in [-0.1, -0.05) is 0 Å². The highest BCUT2D eigenvalue weighted by Crippen LogP contribution is 2.11. The third kappa shape index (κ3) is 3.08. The Morgan fingerprint density at radius 2 is 2.09 bits per heavy atom. The van der Waals surface area contributed by atoms with Crippen LogP contribution < -0.4 is 0 Å². The number of hydrogen-bond donors (Lipinski definition) is 0. The number of hydrogen-bond acceptors (Lipinski definition) is 2. The summed E-state index contributed by atoms with van der Waals surface area (Å²) in [6.45, 7) is 0.541. The van der Waals surface area contributed by atoms with Crippen LogP contribution in [0.5, 0.6) is 0 Å². The number of carbonyl (C=O) groups is 1. The van der Waals surface area contributed by atoms with Crippen molar-refractivity contribution in [3.63, 3.8) is 0 Å². The van der Waals surface area contributed by atoms with E-state index in [9.17, 15) is 4.79 Å². The molecule has 0 saturated heterocycles. The van der Waals surface area contributed by atoms with Crippen molar-refractivity contribution in [1.82, 2.24) is 0 Å². The summed E-state index contributed by atoms with van der Waals surface area (Å²) in [7, 11) is 0. The smallest absolute Gasteiger partial charge is 0.293 e. The molecule has 1 aliphatic rings. The second kappa shape index (κ2) is 4.79. The molecule has 0 N–H and O–H groups in total. The first kappa shape index (κ1) is 8.13. The molecule has 0 aromatic rings. The van der Waals surface area contributed by atoms with E-state index >= 15 is 0 Å². The van der Waals surface area contributed by atoms with Crippen molar-refractivity contribution in [2.24, 2.45) is 0 Å². The standard InChI is InChI=1S/C9H12O2/c10-8-11-9-6-4-2-1-3-5-7-9/h8-9H,2,4-7H2. The van der Waals surface area contributed by atoms with Crippen LogP contribution in [0.1, 0.15) is 32.1 Å². The molecule has 0 saturated carbocycles. The molecule has 1 unspecified atom stereocenters. The van der Waals surface area contributed by atoms with E-state index in [1.165, 1.54) is 0 Å². The van der Waals surface area contributed by atoms with Crippen molar-refractivity contribution in [1.29, 1.82) is 0 Å². The van der Waals surface area contributed by atoms with Gasteiger partial charge < -0.3 is 4.74 Å². The minimum atomic E-state index is 0.113. The van der Waals surface area contributed by atoms with Gasteiger partial charge in [0.1, 0.15) is 6.10 Å². The van der Waals surface area contributed by atoms with Crippen LogP contribution >= 0.6 is 0 Å². The van der Waals surface area contributed by atoms with Crippen molar-refractivity contribution in [3.8, 4) is 11.8 Å². The van der Waals surface area contributed by atoms with Gasteiger partial charge in [-0.05, 0) is 19.3 Å². The third-order valence-corrected chi connectivity index (χ3v) is 1.79. The lowest BCUT2D eigenvalue weighted by Gasteiger charge is -2.13. The maximum absolute atomic E-state index is 10.0. The first-order chi connectivity index (χ1) is 5.43. The second-order valence-corrected chi connectivity index (χ2v) is 2.64. The van der Waals surface area contributed by atoms with Crippen molar-refractivity contribution in [2.45, 2.75) is 38.2 Å². The summed E-state index contributed by atoms with van der Waals surface area (Å²) in [5.74, 6) is 6.09. The molecule has 0 aromatic carbocycles. The van der Waals surface area contributed by atoms with Gasteiger partial charge in [0.2, 0.25) is 0 Å². The fourth-order valence-corrected chi connectivity index (χ4v) is 1.19. The zero-order chi connectivity index (χ0) is 7.94. The largest absolute Gasteiger partial charge is 0.465 e. The van der Waals surface area contributed by atoms with E-state index in [0.717, 1.165) is 32.1 Å². The van der Waals surface area contributed by atoms with Crippen LogP contribution in [-0.4, -0.2) is 12.6 Å². The summed E-state index contributed by atoms with van der Waals surface area (Å²) in [6.07, 6.45) is 4.82. The van der Waals surface area contributed by atoms with E-state index in [0.29, 0.717) is 6.47 Å². The Labute approximate surface area is 66.9 Å². The first-order valence-electron chi connectivity index (χ1n) is 3.98. The molecule has 0 spiro atoms. The highest BCUT2D eigenvalue weighted by Gasteiger charge is 2.08. The maximum atomic E-state index is 10.0. The van der Waals surface area contributed by atoms with E-state index in [-0.39, 0.29) is 6.10 Å². The summed E-state index contributed by atoms with van der Waals surface area (Å²) in [5, 5.41) is 0. The van der Waals surface area contributed by atoms with Gasteiger partial charge in [-0.3, -0.25) is 4.79 Å². The van der Waals surface area contributed by atoms with Gasteiger partial charge in [-0.25, -0.2) is 0 Å². The second-order valence-electron chi connectivity index (χ2n) is 2.64. The first-order valence-corrected chi connectivity index (χ1v) is 3.98. The van der Waals surface area contributed by atoms with E-state index in [4.69, 9.17) is 4.74 Å². The summed E-state index contributed by atoms with van der Waals surface area (Å²) in [5.41, 5.74) is 0. The fraction of sp³-hybridized carbons (Fsp3) is 0.667. The van der Waals surface area contributed by atoms with Crippen LogP contribution in [0.3, 0.4) is 0 Å². The lowest BCUT2D eigenvalue weighted by molar-refractivity contribution is -0.134. The molecular formula is C9H12O2. The number of ether oxygens (including phenoxy) is 1. The quantitative estimate of drug-likeness (QED) is 0.442. The van der Waals surface area contributed by atoms with Gasteiger partial charge in [0.15, 0.2) is 0 Å². The van der Waals surface area contributed by atoms with Crippen LogP contribution in [0.15, 0.2) is 0 Å². The number of rotatable bonds is 2. The lowest BCUT2D eigenvalue weighted by atomic mass is 10.1. The summed E-state index contributed by atoms with van der Waals surface area (Å²) in [4.78, 5) is 10.0. The number of carbonyl (C=O) groups excluding carboxylic acids is 1. The van der Waals surface area contributed by atoms with Gasteiger partial charge in [0.25, 0.3) is 6.47 Å². The van der Waals surface area contributed by atoms with Crippen molar-refractivity contribution < 1.29 is 9.53 Å². The summed E-state index contributed by atoms with van der Waals surface area (Å²) >= 11 is 0. The topological polar surface area (TPSA) is 26.3 Å². The monoisotopic (exact) mass is 152 g/mol. The highest BCUT2D eigenvalue weighted by molar-refractivity contribution is 5.37. The normalized spacial score (nSPS) is 23.8. The van der Waals surface area contributed by atoms with Gasteiger partial charge in [-0.15, -0.1) is 11.8 Å². The molecule has 0 radical (unpaired) electrons. The van der Waals surface area contributed by atoms with Crippen LogP contribution in [0.25, 0.3) is 0 Å². The molecule has 2 nitrogen and oxygen atoms in total. The minimum Gasteiger partial charge on any atom is -0.465 e. The summed E-state index contributed by atoms with van der Waals surface area (Å²) < 4.78 is 4.87. The molecule has 0 heterocycles. The molecule has 0 bridgehead atoms. The fourth-order valence-electron chi connectivity index (χ4n) is 1.19. The Kier molecular flexibility index (Phi) is 3.54. The van der Waals surface area contributed by atoms with Crippen LogP contribution in [0.4, 0.5) is 0 Å². The third-order valence-electron chi connectivity index (χ3n) is 1.79. The molecule has 2 heteroatoms. The molecule has 1 rings (SSSR count). The molecule has 1 aliphatic carbocycles. The van der Waals surface area contributed by atoms with Crippen LogP contribution in [-0.2, 0) is 9.53 Å². The lowest BCUT2D eigenvalue weighted by Crippen LogP contribution is -2.12. The van der Waals surface area contributed by atoms with E-state index in [1.807, 2.05) is 0 Å². The molecular weight excluding hydrogens is 140 g/mol. The zero-order valence-electron chi connectivity index (χ0n) is 6.51. The maximum Gasteiger partial charge on any atom is 0.293 e. The van der Waals surface area contributed by atoms with E-state index in [1.54, 1.807) is 0 Å². The van der Waals surface area contributed by atoms with Crippen molar-refractivity contribution in [3.05, 3.63) is 0 Å². The molecule has 60 valence electrons. The molecule has 11 heavy (non-hydrogen) atoms. The molecule has 1 atom stereocenters. The van der Waals surface area contributed by atoms with Gasteiger partial charge in [-0.2, -0.15) is 0 Å². The van der Waals surface area contributed by atoms with Crippen LogP contribution in [0, 0.1) is 11.8 Å². The predicted octanol–water partition coefficient (Wildman–Crippen LogP) is 1.50. The predicted molar refractivity (Wildman–Crippen MR) is 41.8 cm³/mol. The Balaban J connectivity index is 2.32. The van der Waals surface area contributed by atoms with E-state index in [2.05, 4.69) is 11.8 Å². The zero-order valence-corrected chi connectivity index (χ0v) is 6.51. The Hall–Kier alpha value is -0.970. The van der Waals surface area contributed by atoms with Crippen molar-refractivity contribution in [2.75, 3.05) is 0 Å². The van der Waals surface area contributed by atoms with Gasteiger partial charge in [0.05, 0.1) is 0 Å². The average molecular weight is 152 g/mol. The summed E-state index contributed by atoms with van der Waals surface area (Å²) in [6, 6.07) is 0. The molecule has 0 amide bonds. The average Bonchev–Trinajstić information content (AvgIpc) is 1.94. The van der Waals surface area contributed by atoms with E-state index < -0.39 is 0 Å².